The van der Waals surface area contributed by atoms with Crippen molar-refractivity contribution in [2.45, 2.75) is 31.7 Å². The molecule has 1 aromatic rings. The number of phenols is 2. The van der Waals surface area contributed by atoms with E-state index in [-0.39, 0.29) is 29.0 Å². The molecule has 104 valence electrons. The SMILES string of the molecule is O=C(c1c(O)cccc1O)N(CCCl)C1CCCC1. The Morgan fingerprint density at radius 1 is 1.26 bits per heavy atom. The summed E-state index contributed by atoms with van der Waals surface area (Å²) in [6.07, 6.45) is 4.11. The number of alkyl halides is 1. The normalized spacial score (nSPS) is 15.6. The second-order valence-electron chi connectivity index (χ2n) is 4.80. The molecule has 1 fully saturated rings. The van der Waals surface area contributed by atoms with Gasteiger partial charge in [0.05, 0.1) is 0 Å². The first kappa shape index (κ1) is 14.0. The highest BCUT2D eigenvalue weighted by atomic mass is 35.5. The van der Waals surface area contributed by atoms with Crippen LogP contribution in [0.1, 0.15) is 36.0 Å². The van der Waals surface area contributed by atoms with Crippen molar-refractivity contribution in [2.24, 2.45) is 0 Å². The van der Waals surface area contributed by atoms with Crippen LogP contribution in [0, 0.1) is 0 Å². The van der Waals surface area contributed by atoms with E-state index in [2.05, 4.69) is 0 Å². The highest BCUT2D eigenvalue weighted by Gasteiger charge is 2.29. The maximum atomic E-state index is 12.5. The summed E-state index contributed by atoms with van der Waals surface area (Å²) < 4.78 is 0. The molecule has 1 aliphatic rings. The molecule has 0 atom stereocenters. The maximum Gasteiger partial charge on any atom is 0.261 e. The van der Waals surface area contributed by atoms with Gasteiger partial charge in [-0.25, -0.2) is 0 Å². The number of phenolic OH excluding ortho intramolecular Hbond substituents is 2. The van der Waals surface area contributed by atoms with Gasteiger partial charge in [-0.05, 0) is 25.0 Å². The number of nitrogens with zero attached hydrogens (tertiary/aromatic N) is 1. The van der Waals surface area contributed by atoms with Gasteiger partial charge in [-0.3, -0.25) is 4.79 Å². The van der Waals surface area contributed by atoms with Crippen molar-refractivity contribution in [3.8, 4) is 11.5 Å². The fourth-order valence-electron chi connectivity index (χ4n) is 2.65. The molecule has 0 spiro atoms. The third kappa shape index (κ3) is 2.95. The van der Waals surface area contributed by atoms with Gasteiger partial charge in [0.2, 0.25) is 0 Å². The summed E-state index contributed by atoms with van der Waals surface area (Å²) in [6, 6.07) is 4.47. The third-order valence-corrected chi connectivity index (χ3v) is 3.76. The lowest BCUT2D eigenvalue weighted by Crippen LogP contribution is -2.40. The highest BCUT2D eigenvalue weighted by molar-refractivity contribution is 6.18. The number of carbonyl (C=O) groups excluding carboxylic acids is 1. The first-order valence-corrected chi connectivity index (χ1v) is 7.06. The van der Waals surface area contributed by atoms with E-state index in [1.54, 1.807) is 4.90 Å². The van der Waals surface area contributed by atoms with Crippen molar-refractivity contribution in [2.75, 3.05) is 12.4 Å². The Bertz CT molecular complexity index is 438. The van der Waals surface area contributed by atoms with Gasteiger partial charge in [0.1, 0.15) is 17.1 Å². The van der Waals surface area contributed by atoms with E-state index in [1.165, 1.54) is 18.2 Å². The van der Waals surface area contributed by atoms with Crippen LogP contribution in [-0.2, 0) is 0 Å². The number of hydrogen-bond acceptors (Lipinski definition) is 3. The predicted molar refractivity (Wildman–Crippen MR) is 73.8 cm³/mol. The van der Waals surface area contributed by atoms with E-state index in [1.807, 2.05) is 0 Å². The van der Waals surface area contributed by atoms with Gasteiger partial charge in [-0.2, -0.15) is 0 Å². The van der Waals surface area contributed by atoms with Crippen molar-refractivity contribution >= 4 is 17.5 Å². The average molecular weight is 284 g/mol. The van der Waals surface area contributed by atoms with E-state index >= 15 is 0 Å². The first-order chi connectivity index (χ1) is 9.15. The largest absolute Gasteiger partial charge is 0.507 e. The Morgan fingerprint density at radius 3 is 2.37 bits per heavy atom. The molecule has 0 unspecified atom stereocenters. The maximum absolute atomic E-state index is 12.5. The fraction of sp³-hybridized carbons (Fsp3) is 0.500. The van der Waals surface area contributed by atoms with Crippen LogP contribution in [0.15, 0.2) is 18.2 Å². The van der Waals surface area contributed by atoms with Gasteiger partial charge < -0.3 is 15.1 Å². The molecule has 1 aliphatic carbocycles. The summed E-state index contributed by atoms with van der Waals surface area (Å²) in [5, 5.41) is 19.6. The van der Waals surface area contributed by atoms with Crippen LogP contribution >= 0.6 is 11.6 Å². The molecule has 4 nitrogen and oxygen atoms in total. The minimum absolute atomic E-state index is 0.0282. The molecule has 5 heteroatoms. The zero-order valence-corrected chi connectivity index (χ0v) is 11.4. The van der Waals surface area contributed by atoms with E-state index in [0.717, 1.165) is 25.7 Å². The van der Waals surface area contributed by atoms with Gasteiger partial charge >= 0.3 is 0 Å². The van der Waals surface area contributed by atoms with Crippen LogP contribution in [0.25, 0.3) is 0 Å². The summed E-state index contributed by atoms with van der Waals surface area (Å²) >= 11 is 5.77. The van der Waals surface area contributed by atoms with Crippen molar-refractivity contribution in [1.29, 1.82) is 0 Å². The second-order valence-corrected chi connectivity index (χ2v) is 5.18. The Hall–Kier alpha value is -1.42. The quantitative estimate of drug-likeness (QED) is 0.835. The summed E-state index contributed by atoms with van der Waals surface area (Å²) in [5.74, 6) is -0.385. The Balaban J connectivity index is 2.28. The molecule has 1 amide bonds. The monoisotopic (exact) mass is 283 g/mol. The van der Waals surface area contributed by atoms with E-state index in [4.69, 9.17) is 11.6 Å². The van der Waals surface area contributed by atoms with Crippen LogP contribution in [-0.4, -0.2) is 39.5 Å². The molecular weight excluding hydrogens is 266 g/mol. The van der Waals surface area contributed by atoms with Crippen LogP contribution < -0.4 is 0 Å². The smallest absolute Gasteiger partial charge is 0.261 e. The number of amides is 1. The summed E-state index contributed by atoms with van der Waals surface area (Å²) in [7, 11) is 0. The highest BCUT2D eigenvalue weighted by Crippen LogP contribution is 2.31. The third-order valence-electron chi connectivity index (χ3n) is 3.59. The summed E-state index contributed by atoms with van der Waals surface area (Å²) in [5.41, 5.74) is -0.0282. The van der Waals surface area contributed by atoms with Crippen LogP contribution in [0.5, 0.6) is 11.5 Å². The molecule has 1 saturated carbocycles. The van der Waals surface area contributed by atoms with Crippen molar-refractivity contribution < 1.29 is 15.0 Å². The van der Waals surface area contributed by atoms with Gasteiger partial charge in [-0.15, -0.1) is 11.6 Å². The standard InChI is InChI=1S/C14H18ClNO3/c15-8-9-16(10-4-1-2-5-10)14(19)13-11(17)6-3-7-12(13)18/h3,6-7,10,17-18H,1-2,4-5,8-9H2. The molecule has 1 aromatic carbocycles. The van der Waals surface area contributed by atoms with Gasteiger partial charge in [-0.1, -0.05) is 18.9 Å². The molecule has 2 N–H and O–H groups in total. The topological polar surface area (TPSA) is 60.8 Å². The summed E-state index contributed by atoms with van der Waals surface area (Å²) in [4.78, 5) is 14.2. The van der Waals surface area contributed by atoms with Crippen LogP contribution in [0.4, 0.5) is 0 Å². The average Bonchev–Trinajstić information content (AvgIpc) is 2.89. The molecule has 19 heavy (non-hydrogen) atoms. The molecule has 0 bridgehead atoms. The minimum atomic E-state index is -0.344. The lowest BCUT2D eigenvalue weighted by molar-refractivity contribution is 0.0689. The number of hydrogen-bond donors (Lipinski definition) is 2. The number of halogens is 1. The molecule has 0 radical (unpaired) electrons. The molecule has 0 saturated heterocycles. The van der Waals surface area contributed by atoms with Crippen LogP contribution in [0.3, 0.4) is 0 Å². The first-order valence-electron chi connectivity index (χ1n) is 6.53. The molecular formula is C14H18ClNO3. The second kappa shape index (κ2) is 6.15. The van der Waals surface area contributed by atoms with E-state index in [0.29, 0.717) is 12.4 Å². The molecule has 0 aliphatic heterocycles. The Kier molecular flexibility index (Phi) is 4.53. The number of carbonyl (C=O) groups is 1. The van der Waals surface area contributed by atoms with E-state index < -0.39 is 0 Å². The van der Waals surface area contributed by atoms with Crippen molar-refractivity contribution in [3.63, 3.8) is 0 Å². The zero-order chi connectivity index (χ0) is 13.8. The van der Waals surface area contributed by atoms with Crippen molar-refractivity contribution in [1.82, 2.24) is 4.90 Å². The van der Waals surface area contributed by atoms with Gasteiger partial charge in [0.25, 0.3) is 5.91 Å². The zero-order valence-electron chi connectivity index (χ0n) is 10.7. The van der Waals surface area contributed by atoms with Gasteiger partial charge in [0.15, 0.2) is 0 Å². The van der Waals surface area contributed by atoms with Gasteiger partial charge in [0, 0.05) is 18.5 Å². The number of rotatable bonds is 4. The lowest BCUT2D eigenvalue weighted by Gasteiger charge is -2.28. The van der Waals surface area contributed by atoms with Crippen LogP contribution in [0.2, 0.25) is 0 Å². The summed E-state index contributed by atoms with van der Waals surface area (Å²) in [6.45, 7) is 0.429. The lowest BCUT2D eigenvalue weighted by atomic mass is 10.1. The molecule has 0 aromatic heterocycles. The van der Waals surface area contributed by atoms with E-state index in [9.17, 15) is 15.0 Å². The molecule has 0 heterocycles. The number of aromatic hydroxyl groups is 2. The molecule has 2 rings (SSSR count). The van der Waals surface area contributed by atoms with Crippen molar-refractivity contribution in [3.05, 3.63) is 23.8 Å². The Labute approximate surface area is 117 Å². The fourth-order valence-corrected chi connectivity index (χ4v) is 2.83. The minimum Gasteiger partial charge on any atom is -0.507 e. The number of benzene rings is 1. The predicted octanol–water partition coefficient (Wildman–Crippen LogP) is 2.72. The Morgan fingerprint density at radius 2 is 1.84 bits per heavy atom.